The molecule has 0 saturated carbocycles. The first-order chi connectivity index (χ1) is 13.7. The Balaban J connectivity index is 1.28. The van der Waals surface area contributed by atoms with E-state index in [1.807, 2.05) is 25.2 Å². The van der Waals surface area contributed by atoms with Gasteiger partial charge in [-0.15, -0.1) is 0 Å². The molecule has 2 aromatic rings. The van der Waals surface area contributed by atoms with E-state index in [9.17, 15) is 0 Å². The first-order valence-corrected chi connectivity index (χ1v) is 10.3. The third-order valence-electron chi connectivity index (χ3n) is 5.30. The van der Waals surface area contributed by atoms with Crippen LogP contribution in [0, 0.1) is 0 Å². The molecular weight excluding hydrogens is 370 g/mol. The summed E-state index contributed by atoms with van der Waals surface area (Å²) in [6.07, 6.45) is 3.96. The lowest BCUT2D eigenvalue weighted by atomic mass is 10.1. The molecule has 0 spiro atoms. The third-order valence-corrected chi connectivity index (χ3v) is 5.76. The highest BCUT2D eigenvalue weighted by Gasteiger charge is 2.14. The number of anilines is 1. The summed E-state index contributed by atoms with van der Waals surface area (Å²) in [5, 5.41) is 4.06. The summed E-state index contributed by atoms with van der Waals surface area (Å²) in [4.78, 5) is 4.55. The lowest BCUT2D eigenvalue weighted by Crippen LogP contribution is -2.36. The number of nitrogens with one attached hydrogen (secondary N) is 1. The Labute approximate surface area is 172 Å². The molecule has 1 fully saturated rings. The van der Waals surface area contributed by atoms with Crippen LogP contribution in [0.4, 0.5) is 5.69 Å². The van der Waals surface area contributed by atoms with Crippen LogP contribution >= 0.6 is 12.2 Å². The molecule has 0 aromatic heterocycles. The quantitative estimate of drug-likeness (QED) is 0.771. The fraction of sp³-hybridized carbons (Fsp3) is 0.409. The maximum absolute atomic E-state index is 5.55. The molecule has 0 radical (unpaired) electrons. The molecule has 0 aliphatic carbocycles. The van der Waals surface area contributed by atoms with Crippen LogP contribution in [-0.2, 0) is 13.1 Å². The lowest BCUT2D eigenvalue weighted by molar-refractivity contribution is 0.174. The zero-order chi connectivity index (χ0) is 19.3. The summed E-state index contributed by atoms with van der Waals surface area (Å²) in [6.45, 7) is 4.09. The molecule has 6 heteroatoms. The van der Waals surface area contributed by atoms with Gasteiger partial charge in [0.1, 0.15) is 0 Å². The topological polar surface area (TPSA) is 37.0 Å². The number of thiocarbonyl (C=S) groups is 1. The van der Waals surface area contributed by atoms with Crippen LogP contribution in [0.25, 0.3) is 0 Å². The van der Waals surface area contributed by atoms with Crippen molar-refractivity contribution in [3.8, 4) is 11.5 Å². The predicted octanol–water partition coefficient (Wildman–Crippen LogP) is 3.91. The Morgan fingerprint density at radius 2 is 1.71 bits per heavy atom. The Hall–Kier alpha value is -2.47. The highest BCUT2D eigenvalue weighted by molar-refractivity contribution is 7.80. The smallest absolute Gasteiger partial charge is 0.231 e. The third kappa shape index (κ3) is 4.50. The molecule has 4 rings (SSSR count). The van der Waals surface area contributed by atoms with Gasteiger partial charge in [-0.25, -0.2) is 0 Å². The van der Waals surface area contributed by atoms with E-state index in [2.05, 4.69) is 39.4 Å². The highest BCUT2D eigenvalue weighted by atomic mass is 32.1. The predicted molar refractivity (Wildman–Crippen MR) is 116 cm³/mol. The SMILES string of the molecule is CN(Cc1ccc(N2CCCCC2)cc1)C(=S)NCc1ccc2c(c1)OCO2. The van der Waals surface area contributed by atoms with E-state index in [1.165, 1.54) is 43.6 Å². The molecule has 1 saturated heterocycles. The zero-order valence-corrected chi connectivity index (χ0v) is 17.1. The number of fused-ring (bicyclic) bond motifs is 1. The average molecular weight is 398 g/mol. The molecule has 2 aromatic carbocycles. The molecule has 1 N–H and O–H groups in total. The summed E-state index contributed by atoms with van der Waals surface area (Å²) < 4.78 is 10.8. The first kappa shape index (κ1) is 18.9. The number of piperidine rings is 1. The van der Waals surface area contributed by atoms with Crippen molar-refractivity contribution >= 4 is 23.0 Å². The van der Waals surface area contributed by atoms with Crippen molar-refractivity contribution in [2.24, 2.45) is 0 Å². The van der Waals surface area contributed by atoms with E-state index in [4.69, 9.17) is 21.7 Å². The van der Waals surface area contributed by atoms with Crippen LogP contribution in [0.2, 0.25) is 0 Å². The van der Waals surface area contributed by atoms with Crippen molar-refractivity contribution in [2.45, 2.75) is 32.4 Å². The molecule has 2 aliphatic rings. The van der Waals surface area contributed by atoms with Gasteiger partial charge >= 0.3 is 0 Å². The Morgan fingerprint density at radius 1 is 1.00 bits per heavy atom. The lowest BCUT2D eigenvalue weighted by Gasteiger charge is -2.29. The van der Waals surface area contributed by atoms with Gasteiger partial charge in [-0.3, -0.25) is 0 Å². The molecule has 148 valence electrons. The van der Waals surface area contributed by atoms with Crippen molar-refractivity contribution in [1.82, 2.24) is 10.2 Å². The fourth-order valence-corrected chi connectivity index (χ4v) is 3.81. The minimum Gasteiger partial charge on any atom is -0.454 e. The van der Waals surface area contributed by atoms with Crippen molar-refractivity contribution in [3.63, 3.8) is 0 Å². The summed E-state index contributed by atoms with van der Waals surface area (Å²) in [7, 11) is 2.02. The fourth-order valence-electron chi connectivity index (χ4n) is 3.67. The van der Waals surface area contributed by atoms with Gasteiger partial charge in [0.05, 0.1) is 0 Å². The normalized spacial score (nSPS) is 15.4. The van der Waals surface area contributed by atoms with Gasteiger partial charge in [-0.2, -0.15) is 0 Å². The first-order valence-electron chi connectivity index (χ1n) is 9.90. The summed E-state index contributed by atoms with van der Waals surface area (Å²) in [5.41, 5.74) is 3.70. The average Bonchev–Trinajstić information content (AvgIpc) is 3.21. The number of rotatable bonds is 5. The minimum atomic E-state index is 0.296. The van der Waals surface area contributed by atoms with E-state index >= 15 is 0 Å². The molecule has 5 nitrogen and oxygen atoms in total. The van der Waals surface area contributed by atoms with Crippen LogP contribution < -0.4 is 19.7 Å². The van der Waals surface area contributed by atoms with Gasteiger partial charge in [0.25, 0.3) is 0 Å². The number of hydrogen-bond acceptors (Lipinski definition) is 4. The highest BCUT2D eigenvalue weighted by Crippen LogP contribution is 2.32. The number of nitrogens with zero attached hydrogens (tertiary/aromatic N) is 2. The molecule has 0 amide bonds. The van der Waals surface area contributed by atoms with Gasteiger partial charge in [-0.1, -0.05) is 18.2 Å². The van der Waals surface area contributed by atoms with Crippen LogP contribution in [0.5, 0.6) is 11.5 Å². The van der Waals surface area contributed by atoms with Crippen molar-refractivity contribution in [2.75, 3.05) is 31.8 Å². The van der Waals surface area contributed by atoms with Crippen molar-refractivity contribution in [3.05, 3.63) is 53.6 Å². The minimum absolute atomic E-state index is 0.296. The summed E-state index contributed by atoms with van der Waals surface area (Å²) >= 11 is 5.55. The van der Waals surface area contributed by atoms with Crippen molar-refractivity contribution < 1.29 is 9.47 Å². The van der Waals surface area contributed by atoms with Gasteiger partial charge in [0.2, 0.25) is 6.79 Å². The molecule has 2 heterocycles. The van der Waals surface area contributed by atoms with Gasteiger partial charge < -0.3 is 24.6 Å². The van der Waals surface area contributed by atoms with E-state index in [0.717, 1.165) is 28.7 Å². The van der Waals surface area contributed by atoms with Crippen LogP contribution in [0.3, 0.4) is 0 Å². The molecule has 0 unspecified atom stereocenters. The standard InChI is InChI=1S/C22H27N3O2S/c1-24(15-17-5-8-19(9-6-17)25-11-3-2-4-12-25)22(28)23-14-18-7-10-20-21(13-18)27-16-26-20/h5-10,13H,2-4,11-12,14-16H2,1H3,(H,23,28). The summed E-state index contributed by atoms with van der Waals surface area (Å²) in [6, 6.07) is 14.9. The Bertz CT molecular complexity index is 819. The largest absolute Gasteiger partial charge is 0.454 e. The van der Waals surface area contributed by atoms with Crippen molar-refractivity contribution in [1.29, 1.82) is 0 Å². The Morgan fingerprint density at radius 3 is 2.50 bits per heavy atom. The van der Waals surface area contributed by atoms with E-state index in [1.54, 1.807) is 0 Å². The van der Waals surface area contributed by atoms with Gasteiger partial charge in [0.15, 0.2) is 16.6 Å². The maximum atomic E-state index is 5.55. The van der Waals surface area contributed by atoms with E-state index < -0.39 is 0 Å². The second-order valence-corrected chi connectivity index (χ2v) is 7.80. The molecule has 28 heavy (non-hydrogen) atoms. The Kier molecular flexibility index (Phi) is 5.86. The van der Waals surface area contributed by atoms with E-state index in [-0.39, 0.29) is 0 Å². The molecule has 0 bridgehead atoms. The second-order valence-electron chi connectivity index (χ2n) is 7.42. The molecule has 2 aliphatic heterocycles. The molecule has 0 atom stereocenters. The van der Waals surface area contributed by atoms with Crippen LogP contribution in [0.15, 0.2) is 42.5 Å². The van der Waals surface area contributed by atoms with Gasteiger partial charge in [0, 0.05) is 38.9 Å². The number of ether oxygens (including phenoxy) is 2. The monoisotopic (exact) mass is 397 g/mol. The second kappa shape index (κ2) is 8.69. The van der Waals surface area contributed by atoms with Gasteiger partial charge in [-0.05, 0) is 66.9 Å². The zero-order valence-electron chi connectivity index (χ0n) is 16.3. The van der Waals surface area contributed by atoms with Crippen LogP contribution in [0.1, 0.15) is 30.4 Å². The van der Waals surface area contributed by atoms with E-state index in [0.29, 0.717) is 13.3 Å². The number of hydrogen-bond donors (Lipinski definition) is 1. The molecular formula is C22H27N3O2S. The number of benzene rings is 2. The maximum Gasteiger partial charge on any atom is 0.231 e. The summed E-state index contributed by atoms with van der Waals surface area (Å²) in [5.74, 6) is 1.60. The van der Waals surface area contributed by atoms with Crippen LogP contribution in [-0.4, -0.2) is 36.9 Å².